The summed E-state index contributed by atoms with van der Waals surface area (Å²) in [6.07, 6.45) is 1.77. The molecule has 0 saturated carbocycles. The average molecular weight is 308 g/mol. The van der Waals surface area contributed by atoms with Crippen molar-refractivity contribution in [1.29, 1.82) is 0 Å². The zero-order chi connectivity index (χ0) is 16.4. The molecule has 0 aliphatic carbocycles. The first-order valence-corrected chi connectivity index (χ1v) is 7.91. The Labute approximate surface area is 141 Å². The SMILES string of the molecule is C=Cc1nc2cccc(-c3ccccc3)c2nc1-c1ccccc1. The largest absolute Gasteiger partial charge is 0.244 e. The molecule has 0 radical (unpaired) electrons. The zero-order valence-electron chi connectivity index (χ0n) is 13.2. The van der Waals surface area contributed by atoms with Crippen LogP contribution in [0.5, 0.6) is 0 Å². The zero-order valence-corrected chi connectivity index (χ0v) is 13.2. The first-order chi connectivity index (χ1) is 11.9. The van der Waals surface area contributed by atoms with Crippen molar-refractivity contribution in [2.75, 3.05) is 0 Å². The summed E-state index contributed by atoms with van der Waals surface area (Å²) in [6.45, 7) is 3.90. The lowest BCUT2D eigenvalue weighted by atomic mass is 10.0. The molecule has 24 heavy (non-hydrogen) atoms. The predicted octanol–water partition coefficient (Wildman–Crippen LogP) is 5.61. The van der Waals surface area contributed by atoms with Crippen molar-refractivity contribution in [3.05, 3.63) is 91.1 Å². The summed E-state index contributed by atoms with van der Waals surface area (Å²) in [7, 11) is 0. The summed E-state index contributed by atoms with van der Waals surface area (Å²) in [5.74, 6) is 0. The van der Waals surface area contributed by atoms with Crippen LogP contribution in [-0.2, 0) is 0 Å². The van der Waals surface area contributed by atoms with Crippen LogP contribution in [-0.4, -0.2) is 9.97 Å². The molecule has 1 aromatic heterocycles. The Bertz CT molecular complexity index is 1010. The first-order valence-electron chi connectivity index (χ1n) is 7.91. The fourth-order valence-electron chi connectivity index (χ4n) is 2.89. The van der Waals surface area contributed by atoms with Gasteiger partial charge in [-0.2, -0.15) is 0 Å². The Kier molecular flexibility index (Phi) is 3.64. The molecular formula is C22H16N2. The second kappa shape index (κ2) is 6.09. The fourth-order valence-corrected chi connectivity index (χ4v) is 2.89. The Hall–Kier alpha value is -3.26. The van der Waals surface area contributed by atoms with Crippen LogP contribution in [0.15, 0.2) is 85.4 Å². The Morgan fingerprint density at radius 3 is 2.00 bits per heavy atom. The number of nitrogens with zero attached hydrogens (tertiary/aromatic N) is 2. The minimum absolute atomic E-state index is 0.805. The van der Waals surface area contributed by atoms with Crippen LogP contribution in [0.25, 0.3) is 39.5 Å². The molecule has 4 aromatic rings. The molecule has 3 aromatic carbocycles. The van der Waals surface area contributed by atoms with Crippen molar-refractivity contribution in [1.82, 2.24) is 9.97 Å². The van der Waals surface area contributed by atoms with Gasteiger partial charge in [-0.25, -0.2) is 9.97 Å². The summed E-state index contributed by atoms with van der Waals surface area (Å²) in [4.78, 5) is 9.73. The number of fused-ring (bicyclic) bond motifs is 1. The Balaban J connectivity index is 2.03. The van der Waals surface area contributed by atoms with Crippen LogP contribution in [0, 0.1) is 0 Å². The van der Waals surface area contributed by atoms with Crippen molar-refractivity contribution in [3.8, 4) is 22.4 Å². The molecule has 0 spiro atoms. The maximum absolute atomic E-state index is 4.96. The van der Waals surface area contributed by atoms with Gasteiger partial charge in [0.05, 0.1) is 22.4 Å². The molecule has 0 amide bonds. The average Bonchev–Trinajstić information content (AvgIpc) is 2.67. The van der Waals surface area contributed by atoms with E-state index < -0.39 is 0 Å². The number of aromatic nitrogens is 2. The molecule has 4 rings (SSSR count). The highest BCUT2D eigenvalue weighted by molar-refractivity contribution is 5.93. The van der Waals surface area contributed by atoms with Gasteiger partial charge in [-0.15, -0.1) is 0 Å². The molecule has 0 saturated heterocycles. The standard InChI is InChI=1S/C22H16N2/c1-2-19-21(17-12-7-4-8-13-17)24-22-18(14-9-15-20(22)23-19)16-10-5-3-6-11-16/h2-15H,1H2. The van der Waals surface area contributed by atoms with E-state index in [1.54, 1.807) is 6.08 Å². The lowest BCUT2D eigenvalue weighted by Crippen LogP contribution is -1.96. The van der Waals surface area contributed by atoms with Crippen LogP contribution in [0.4, 0.5) is 0 Å². The van der Waals surface area contributed by atoms with E-state index in [0.717, 1.165) is 39.1 Å². The molecule has 0 fully saturated rings. The van der Waals surface area contributed by atoms with E-state index in [1.807, 2.05) is 60.7 Å². The van der Waals surface area contributed by atoms with Gasteiger partial charge in [-0.1, -0.05) is 79.4 Å². The quantitative estimate of drug-likeness (QED) is 0.492. The summed E-state index contributed by atoms with van der Waals surface area (Å²) >= 11 is 0. The van der Waals surface area contributed by atoms with Crippen LogP contribution in [0.3, 0.4) is 0 Å². The van der Waals surface area contributed by atoms with Gasteiger partial charge >= 0.3 is 0 Å². The van der Waals surface area contributed by atoms with Crippen molar-refractivity contribution < 1.29 is 0 Å². The van der Waals surface area contributed by atoms with Crippen molar-refractivity contribution in [3.63, 3.8) is 0 Å². The van der Waals surface area contributed by atoms with E-state index >= 15 is 0 Å². The van der Waals surface area contributed by atoms with Gasteiger partial charge in [0.1, 0.15) is 0 Å². The second-order valence-electron chi connectivity index (χ2n) is 5.57. The summed E-state index contributed by atoms with van der Waals surface area (Å²) in [6, 6.07) is 26.5. The van der Waals surface area contributed by atoms with Gasteiger partial charge < -0.3 is 0 Å². The lowest BCUT2D eigenvalue weighted by molar-refractivity contribution is 1.27. The van der Waals surface area contributed by atoms with E-state index in [9.17, 15) is 0 Å². The van der Waals surface area contributed by atoms with Gasteiger partial charge in [0.15, 0.2) is 0 Å². The Morgan fingerprint density at radius 1 is 0.667 bits per heavy atom. The highest BCUT2D eigenvalue weighted by Gasteiger charge is 2.12. The highest BCUT2D eigenvalue weighted by atomic mass is 14.8. The van der Waals surface area contributed by atoms with E-state index in [0.29, 0.717) is 0 Å². The van der Waals surface area contributed by atoms with Crippen LogP contribution in [0.2, 0.25) is 0 Å². The number of benzene rings is 3. The fraction of sp³-hybridized carbons (Fsp3) is 0. The van der Waals surface area contributed by atoms with Crippen LogP contribution >= 0.6 is 0 Å². The number of hydrogen-bond donors (Lipinski definition) is 0. The molecule has 0 bridgehead atoms. The topological polar surface area (TPSA) is 25.8 Å². The van der Waals surface area contributed by atoms with Crippen molar-refractivity contribution in [2.45, 2.75) is 0 Å². The summed E-state index contributed by atoms with van der Waals surface area (Å²) in [5, 5.41) is 0. The molecule has 0 atom stereocenters. The van der Waals surface area contributed by atoms with Gasteiger partial charge in [0, 0.05) is 11.1 Å². The second-order valence-corrected chi connectivity index (χ2v) is 5.57. The lowest BCUT2D eigenvalue weighted by Gasteiger charge is -2.10. The molecule has 0 aliphatic heterocycles. The first kappa shape index (κ1) is 14.3. The third-order valence-corrected chi connectivity index (χ3v) is 4.05. The van der Waals surface area contributed by atoms with E-state index in [4.69, 9.17) is 9.97 Å². The third-order valence-electron chi connectivity index (χ3n) is 4.05. The minimum Gasteiger partial charge on any atom is -0.244 e. The van der Waals surface area contributed by atoms with Gasteiger partial charge in [-0.3, -0.25) is 0 Å². The smallest absolute Gasteiger partial charge is 0.0973 e. The predicted molar refractivity (Wildman–Crippen MR) is 101 cm³/mol. The number of rotatable bonds is 3. The van der Waals surface area contributed by atoms with Gasteiger partial charge in [0.2, 0.25) is 0 Å². The number of para-hydroxylation sites is 1. The number of hydrogen-bond acceptors (Lipinski definition) is 2. The molecule has 114 valence electrons. The van der Waals surface area contributed by atoms with Crippen molar-refractivity contribution >= 4 is 17.1 Å². The van der Waals surface area contributed by atoms with Crippen LogP contribution < -0.4 is 0 Å². The molecule has 2 heteroatoms. The molecule has 1 heterocycles. The van der Waals surface area contributed by atoms with E-state index in [1.165, 1.54) is 0 Å². The normalized spacial score (nSPS) is 10.7. The molecule has 2 nitrogen and oxygen atoms in total. The minimum atomic E-state index is 0.805. The third kappa shape index (κ3) is 2.48. The highest BCUT2D eigenvalue weighted by Crippen LogP contribution is 2.30. The van der Waals surface area contributed by atoms with E-state index in [-0.39, 0.29) is 0 Å². The maximum Gasteiger partial charge on any atom is 0.0973 e. The van der Waals surface area contributed by atoms with E-state index in [2.05, 4.69) is 24.8 Å². The molecule has 0 N–H and O–H groups in total. The molecule has 0 unspecified atom stereocenters. The van der Waals surface area contributed by atoms with Crippen molar-refractivity contribution in [2.24, 2.45) is 0 Å². The van der Waals surface area contributed by atoms with Gasteiger partial charge in [-0.05, 0) is 17.7 Å². The van der Waals surface area contributed by atoms with Gasteiger partial charge in [0.25, 0.3) is 0 Å². The summed E-state index contributed by atoms with van der Waals surface area (Å²) in [5.41, 5.74) is 6.74. The molecule has 0 aliphatic rings. The van der Waals surface area contributed by atoms with Crippen LogP contribution in [0.1, 0.15) is 5.69 Å². The Morgan fingerprint density at radius 2 is 1.33 bits per heavy atom. The monoisotopic (exact) mass is 308 g/mol. The molecular weight excluding hydrogens is 292 g/mol. The maximum atomic E-state index is 4.96. The summed E-state index contributed by atoms with van der Waals surface area (Å²) < 4.78 is 0.